The highest BCUT2D eigenvalue weighted by molar-refractivity contribution is 7.19. The van der Waals surface area contributed by atoms with E-state index in [1.54, 1.807) is 6.33 Å². The first-order valence-electron chi connectivity index (χ1n) is 8.92. The lowest BCUT2D eigenvalue weighted by Crippen LogP contribution is -2.10. The van der Waals surface area contributed by atoms with E-state index in [0.717, 1.165) is 30.2 Å². The Balaban J connectivity index is 1.54. The summed E-state index contributed by atoms with van der Waals surface area (Å²) in [5.74, 6) is 0.988. The van der Waals surface area contributed by atoms with Gasteiger partial charge in [-0.3, -0.25) is 0 Å². The minimum atomic E-state index is 0.791. The van der Waals surface area contributed by atoms with Crippen LogP contribution in [-0.2, 0) is 25.9 Å². The second-order valence-corrected chi connectivity index (χ2v) is 8.10. The molecule has 2 heterocycles. The number of aryl methyl sites for hydroxylation is 2. The van der Waals surface area contributed by atoms with Gasteiger partial charge in [0, 0.05) is 18.0 Å². The second-order valence-electron chi connectivity index (χ2n) is 7.02. The van der Waals surface area contributed by atoms with Gasteiger partial charge in [0.2, 0.25) is 0 Å². The van der Waals surface area contributed by atoms with Gasteiger partial charge in [0.05, 0.1) is 5.39 Å². The molecular formula is C20H24N4S. The van der Waals surface area contributed by atoms with Gasteiger partial charge in [0.1, 0.15) is 17.0 Å². The molecule has 0 spiro atoms. The lowest BCUT2D eigenvalue weighted by Gasteiger charge is -2.13. The molecule has 5 heteroatoms. The van der Waals surface area contributed by atoms with Crippen molar-refractivity contribution in [2.45, 2.75) is 38.8 Å². The summed E-state index contributed by atoms with van der Waals surface area (Å²) in [5.41, 5.74) is 4.10. The van der Waals surface area contributed by atoms with Gasteiger partial charge in [-0.1, -0.05) is 24.3 Å². The Morgan fingerprint density at radius 1 is 1.04 bits per heavy atom. The Morgan fingerprint density at radius 3 is 2.60 bits per heavy atom. The third kappa shape index (κ3) is 3.53. The summed E-state index contributed by atoms with van der Waals surface area (Å²) in [7, 11) is 4.19. The molecule has 1 aliphatic carbocycles. The molecule has 0 amide bonds. The van der Waals surface area contributed by atoms with E-state index in [9.17, 15) is 0 Å². The summed E-state index contributed by atoms with van der Waals surface area (Å²) in [5, 5.41) is 4.80. The third-order valence-electron chi connectivity index (χ3n) is 4.73. The molecule has 0 atom stereocenters. The van der Waals surface area contributed by atoms with Gasteiger partial charge in [-0.05, 0) is 56.5 Å². The number of nitrogens with zero attached hydrogens (tertiary/aromatic N) is 3. The number of anilines is 1. The molecule has 1 aliphatic rings. The van der Waals surface area contributed by atoms with Gasteiger partial charge in [-0.25, -0.2) is 9.97 Å². The van der Waals surface area contributed by atoms with Crippen LogP contribution in [0.4, 0.5) is 5.82 Å². The molecule has 25 heavy (non-hydrogen) atoms. The maximum absolute atomic E-state index is 4.54. The number of thiophene rings is 1. The predicted molar refractivity (Wildman–Crippen MR) is 105 cm³/mol. The fourth-order valence-corrected chi connectivity index (χ4v) is 4.77. The number of hydrogen-bond acceptors (Lipinski definition) is 5. The summed E-state index contributed by atoms with van der Waals surface area (Å²) in [6.45, 7) is 1.76. The largest absolute Gasteiger partial charge is 0.365 e. The predicted octanol–water partition coefficient (Wildman–Crippen LogP) is 4.24. The quantitative estimate of drug-likeness (QED) is 0.745. The standard InChI is InChI=1S/C20H24N4S/c1-24(2)12-15-9-7-14(8-10-15)11-21-19-18-16-5-3-4-6-17(16)25-20(18)23-13-22-19/h7-10,13H,3-6,11-12H2,1-2H3,(H,21,22,23). The number of benzene rings is 1. The highest BCUT2D eigenvalue weighted by Gasteiger charge is 2.19. The Morgan fingerprint density at radius 2 is 1.80 bits per heavy atom. The van der Waals surface area contributed by atoms with Crippen LogP contribution in [0.3, 0.4) is 0 Å². The first kappa shape index (κ1) is 16.5. The topological polar surface area (TPSA) is 41.0 Å². The first-order valence-corrected chi connectivity index (χ1v) is 9.74. The molecule has 0 aliphatic heterocycles. The number of fused-ring (bicyclic) bond motifs is 3. The maximum Gasteiger partial charge on any atom is 0.138 e. The molecule has 1 aromatic carbocycles. The fourth-order valence-electron chi connectivity index (χ4n) is 3.54. The van der Waals surface area contributed by atoms with Crippen molar-refractivity contribution in [1.82, 2.24) is 14.9 Å². The molecule has 2 aromatic heterocycles. The number of rotatable bonds is 5. The van der Waals surface area contributed by atoms with Crippen LogP contribution in [0, 0.1) is 0 Å². The average Bonchev–Trinajstić information content (AvgIpc) is 3.00. The van der Waals surface area contributed by atoms with Crippen LogP contribution >= 0.6 is 11.3 Å². The maximum atomic E-state index is 4.54. The SMILES string of the molecule is CN(C)Cc1ccc(CNc2ncnc3sc4c(c23)CCCC4)cc1. The average molecular weight is 353 g/mol. The molecule has 0 saturated heterocycles. The van der Waals surface area contributed by atoms with E-state index in [1.165, 1.54) is 46.2 Å². The highest BCUT2D eigenvalue weighted by Crippen LogP contribution is 2.38. The van der Waals surface area contributed by atoms with Crippen LogP contribution in [0.1, 0.15) is 34.4 Å². The summed E-state index contributed by atoms with van der Waals surface area (Å²) in [6, 6.07) is 8.82. The molecule has 130 valence electrons. The Hall–Kier alpha value is -1.98. The van der Waals surface area contributed by atoms with Crippen molar-refractivity contribution in [3.8, 4) is 0 Å². The van der Waals surface area contributed by atoms with E-state index < -0.39 is 0 Å². The van der Waals surface area contributed by atoms with Crippen LogP contribution in [0.2, 0.25) is 0 Å². The zero-order valence-electron chi connectivity index (χ0n) is 14.9. The third-order valence-corrected chi connectivity index (χ3v) is 5.93. The number of hydrogen-bond donors (Lipinski definition) is 1. The van der Waals surface area contributed by atoms with E-state index in [0.29, 0.717) is 0 Å². The van der Waals surface area contributed by atoms with Crippen molar-refractivity contribution in [2.75, 3.05) is 19.4 Å². The van der Waals surface area contributed by atoms with Crippen LogP contribution in [0.25, 0.3) is 10.2 Å². The van der Waals surface area contributed by atoms with Gasteiger partial charge in [0.25, 0.3) is 0 Å². The van der Waals surface area contributed by atoms with Gasteiger partial charge < -0.3 is 10.2 Å². The molecule has 0 bridgehead atoms. The lowest BCUT2D eigenvalue weighted by atomic mass is 9.97. The van der Waals surface area contributed by atoms with E-state index in [-0.39, 0.29) is 0 Å². The molecule has 0 unspecified atom stereocenters. The molecule has 0 saturated carbocycles. The lowest BCUT2D eigenvalue weighted by molar-refractivity contribution is 0.402. The molecule has 4 nitrogen and oxygen atoms in total. The molecule has 1 N–H and O–H groups in total. The van der Waals surface area contributed by atoms with Gasteiger partial charge in [0.15, 0.2) is 0 Å². The van der Waals surface area contributed by atoms with Crippen molar-refractivity contribution in [3.63, 3.8) is 0 Å². The summed E-state index contributed by atoms with van der Waals surface area (Å²) >= 11 is 1.85. The van der Waals surface area contributed by atoms with Crippen LogP contribution < -0.4 is 5.32 Å². The number of nitrogens with one attached hydrogen (secondary N) is 1. The van der Waals surface area contributed by atoms with Crippen LogP contribution in [0.15, 0.2) is 30.6 Å². The van der Waals surface area contributed by atoms with Gasteiger partial charge >= 0.3 is 0 Å². The van der Waals surface area contributed by atoms with E-state index in [1.807, 2.05) is 11.3 Å². The van der Waals surface area contributed by atoms with Crippen molar-refractivity contribution < 1.29 is 0 Å². The van der Waals surface area contributed by atoms with Crippen LogP contribution in [0.5, 0.6) is 0 Å². The molecule has 0 fully saturated rings. The Labute approximate surface area is 152 Å². The smallest absolute Gasteiger partial charge is 0.138 e. The van der Waals surface area contributed by atoms with Crippen molar-refractivity contribution in [2.24, 2.45) is 0 Å². The minimum Gasteiger partial charge on any atom is -0.365 e. The van der Waals surface area contributed by atoms with E-state index in [2.05, 4.69) is 58.5 Å². The van der Waals surface area contributed by atoms with Crippen molar-refractivity contribution in [3.05, 3.63) is 52.2 Å². The summed E-state index contributed by atoms with van der Waals surface area (Å²) < 4.78 is 0. The van der Waals surface area contributed by atoms with Gasteiger partial charge in [-0.15, -0.1) is 11.3 Å². The summed E-state index contributed by atoms with van der Waals surface area (Å²) in [6.07, 6.45) is 6.63. The second kappa shape index (κ2) is 7.10. The van der Waals surface area contributed by atoms with Crippen LogP contribution in [-0.4, -0.2) is 29.0 Å². The minimum absolute atomic E-state index is 0.791. The van der Waals surface area contributed by atoms with Gasteiger partial charge in [-0.2, -0.15) is 0 Å². The molecule has 0 radical (unpaired) electrons. The van der Waals surface area contributed by atoms with Crippen molar-refractivity contribution >= 4 is 27.4 Å². The molecular weight excluding hydrogens is 328 g/mol. The van der Waals surface area contributed by atoms with E-state index >= 15 is 0 Å². The monoisotopic (exact) mass is 352 g/mol. The highest BCUT2D eigenvalue weighted by atomic mass is 32.1. The Kier molecular flexibility index (Phi) is 4.68. The van der Waals surface area contributed by atoms with Crippen molar-refractivity contribution in [1.29, 1.82) is 0 Å². The normalized spacial score (nSPS) is 14.0. The zero-order valence-corrected chi connectivity index (χ0v) is 15.7. The van der Waals surface area contributed by atoms with E-state index in [4.69, 9.17) is 0 Å². The first-order chi connectivity index (χ1) is 12.2. The Bertz CT molecular complexity index is 867. The number of aromatic nitrogens is 2. The molecule has 3 aromatic rings. The molecule has 4 rings (SSSR count). The fraction of sp³-hybridized carbons (Fsp3) is 0.400. The zero-order chi connectivity index (χ0) is 17.2. The summed E-state index contributed by atoms with van der Waals surface area (Å²) in [4.78, 5) is 13.9.